The second-order valence-corrected chi connectivity index (χ2v) is 9.72. The Kier molecular flexibility index (Phi) is 8.45. The molecular formula is C20H31N3O3S2. The average Bonchev–Trinajstić information content (AvgIpc) is 3.14. The smallest absolute Gasteiger partial charge is 0.324 e. The van der Waals surface area contributed by atoms with E-state index in [0.717, 1.165) is 31.4 Å². The van der Waals surface area contributed by atoms with Gasteiger partial charge in [-0.3, -0.25) is 10.1 Å². The molecule has 0 aromatic carbocycles. The summed E-state index contributed by atoms with van der Waals surface area (Å²) >= 11 is 3.01. The van der Waals surface area contributed by atoms with Gasteiger partial charge in [0, 0.05) is 29.0 Å². The van der Waals surface area contributed by atoms with E-state index in [2.05, 4.69) is 15.2 Å². The van der Waals surface area contributed by atoms with E-state index < -0.39 is 5.97 Å². The number of carboxylic acid groups (broad SMARTS) is 1. The monoisotopic (exact) mass is 425 g/mol. The summed E-state index contributed by atoms with van der Waals surface area (Å²) in [5.74, 6) is 0.476. The normalized spacial score (nSPS) is 18.7. The summed E-state index contributed by atoms with van der Waals surface area (Å²) < 4.78 is 0. The largest absolute Gasteiger partial charge is 0.481 e. The highest BCUT2D eigenvalue weighted by molar-refractivity contribution is 7.98. The number of rotatable bonds is 8. The number of nitrogens with one attached hydrogen (secondary N) is 1. The Morgan fingerprint density at radius 3 is 2.29 bits per heavy atom. The summed E-state index contributed by atoms with van der Waals surface area (Å²) in [4.78, 5) is 30.4. The first kappa shape index (κ1) is 21.4. The maximum Gasteiger partial charge on any atom is 0.324 e. The van der Waals surface area contributed by atoms with Crippen LogP contribution in [0.4, 0.5) is 9.93 Å². The van der Waals surface area contributed by atoms with Gasteiger partial charge >= 0.3 is 12.0 Å². The van der Waals surface area contributed by atoms with Crippen molar-refractivity contribution in [1.82, 2.24) is 9.88 Å². The van der Waals surface area contributed by atoms with Gasteiger partial charge in [-0.25, -0.2) is 9.78 Å². The fourth-order valence-corrected chi connectivity index (χ4v) is 5.90. The van der Waals surface area contributed by atoms with Crippen LogP contribution in [0.5, 0.6) is 0 Å². The van der Waals surface area contributed by atoms with Gasteiger partial charge in [0.25, 0.3) is 0 Å². The number of aliphatic carboxylic acids is 1. The Morgan fingerprint density at radius 2 is 1.71 bits per heavy atom. The van der Waals surface area contributed by atoms with E-state index in [0.29, 0.717) is 28.7 Å². The number of thiazole rings is 1. The van der Waals surface area contributed by atoms with Gasteiger partial charge in [-0.05, 0) is 25.7 Å². The lowest BCUT2D eigenvalue weighted by molar-refractivity contribution is -0.136. The van der Waals surface area contributed by atoms with Gasteiger partial charge in [0.1, 0.15) is 0 Å². The van der Waals surface area contributed by atoms with Crippen molar-refractivity contribution in [2.24, 2.45) is 0 Å². The number of urea groups is 1. The second kappa shape index (κ2) is 11.0. The lowest BCUT2D eigenvalue weighted by Gasteiger charge is -2.41. The van der Waals surface area contributed by atoms with Crippen molar-refractivity contribution < 1.29 is 14.7 Å². The van der Waals surface area contributed by atoms with Gasteiger partial charge in [-0.2, -0.15) is 11.8 Å². The molecule has 0 radical (unpaired) electrons. The van der Waals surface area contributed by atoms with Crippen LogP contribution >= 0.6 is 23.1 Å². The molecule has 0 unspecified atom stereocenters. The third-order valence-corrected chi connectivity index (χ3v) is 7.45. The Hall–Kier alpha value is -1.28. The number of hydrogen-bond donors (Lipinski definition) is 2. The molecule has 156 valence electrons. The molecule has 0 saturated heterocycles. The Bertz CT molecular complexity index is 622. The number of carbonyl (C=O) groups is 2. The number of carboxylic acids is 1. The second-order valence-electron chi connectivity index (χ2n) is 7.76. The summed E-state index contributed by atoms with van der Waals surface area (Å²) in [5, 5.41) is 14.4. The molecule has 1 aromatic rings. The first-order chi connectivity index (χ1) is 13.6. The van der Waals surface area contributed by atoms with Crippen LogP contribution in [0, 0.1) is 0 Å². The van der Waals surface area contributed by atoms with E-state index in [1.54, 1.807) is 11.8 Å². The quantitative estimate of drug-likeness (QED) is 0.549. The minimum absolute atomic E-state index is 0.0123. The van der Waals surface area contributed by atoms with Crippen LogP contribution in [-0.2, 0) is 10.5 Å². The minimum atomic E-state index is -0.774. The molecule has 28 heavy (non-hydrogen) atoms. The Balaban J connectivity index is 1.57. The zero-order valence-electron chi connectivity index (χ0n) is 16.4. The zero-order valence-corrected chi connectivity index (χ0v) is 18.0. The summed E-state index contributed by atoms with van der Waals surface area (Å²) in [6.45, 7) is 0. The third-order valence-electron chi connectivity index (χ3n) is 5.65. The zero-order chi connectivity index (χ0) is 19.8. The predicted molar refractivity (Wildman–Crippen MR) is 115 cm³/mol. The topological polar surface area (TPSA) is 82.5 Å². The molecule has 8 heteroatoms. The fraction of sp³-hybridized carbons (Fsp3) is 0.750. The van der Waals surface area contributed by atoms with Gasteiger partial charge in [0.2, 0.25) is 0 Å². The van der Waals surface area contributed by atoms with E-state index in [4.69, 9.17) is 5.11 Å². The van der Waals surface area contributed by atoms with Crippen LogP contribution in [0.3, 0.4) is 0 Å². The van der Waals surface area contributed by atoms with Gasteiger partial charge in [-0.1, -0.05) is 38.5 Å². The number of carbonyl (C=O) groups excluding carboxylic acids is 1. The van der Waals surface area contributed by atoms with Crippen molar-refractivity contribution in [2.45, 2.75) is 88.5 Å². The van der Waals surface area contributed by atoms with Crippen LogP contribution in [0.1, 0.15) is 76.3 Å². The molecule has 3 rings (SSSR count). The average molecular weight is 426 g/mol. The van der Waals surface area contributed by atoms with E-state index >= 15 is 0 Å². The molecule has 2 aliphatic carbocycles. The molecule has 2 fully saturated rings. The van der Waals surface area contributed by atoms with Gasteiger partial charge in [-0.15, -0.1) is 11.3 Å². The lowest BCUT2D eigenvalue weighted by Crippen LogP contribution is -2.50. The van der Waals surface area contributed by atoms with Crippen molar-refractivity contribution in [3.63, 3.8) is 0 Å². The van der Waals surface area contributed by atoms with Crippen molar-refractivity contribution >= 4 is 40.2 Å². The van der Waals surface area contributed by atoms with Crippen LogP contribution < -0.4 is 5.32 Å². The third kappa shape index (κ3) is 6.37. The van der Waals surface area contributed by atoms with Crippen LogP contribution in [0.15, 0.2) is 5.38 Å². The summed E-state index contributed by atoms with van der Waals surface area (Å²) in [6, 6.07) is 0.740. The number of aromatic nitrogens is 1. The van der Waals surface area contributed by atoms with Gasteiger partial charge < -0.3 is 10.0 Å². The number of thioether (sulfide) groups is 1. The maximum absolute atomic E-state index is 13.2. The predicted octanol–water partition coefficient (Wildman–Crippen LogP) is 5.35. The minimum Gasteiger partial charge on any atom is -0.481 e. The Labute approximate surface area is 175 Å². The molecule has 0 aliphatic heterocycles. The van der Waals surface area contributed by atoms with E-state index in [1.165, 1.54) is 49.9 Å². The molecule has 1 aromatic heterocycles. The molecule has 0 spiro atoms. The SMILES string of the molecule is O=C(O)CCSCc1csc(NC(=O)N(C2CCCCC2)C2CCCCC2)n1. The molecule has 6 nitrogen and oxygen atoms in total. The first-order valence-corrected chi connectivity index (χ1v) is 12.5. The summed E-state index contributed by atoms with van der Waals surface area (Å²) in [6.07, 6.45) is 12.1. The lowest BCUT2D eigenvalue weighted by atomic mass is 9.89. The summed E-state index contributed by atoms with van der Waals surface area (Å²) in [7, 11) is 0. The van der Waals surface area contributed by atoms with E-state index in [9.17, 15) is 9.59 Å². The highest BCUT2D eigenvalue weighted by Crippen LogP contribution is 2.31. The highest BCUT2D eigenvalue weighted by atomic mass is 32.2. The first-order valence-electron chi connectivity index (χ1n) is 10.5. The van der Waals surface area contributed by atoms with Crippen LogP contribution in [0.2, 0.25) is 0 Å². The van der Waals surface area contributed by atoms with Crippen molar-refractivity contribution in [3.05, 3.63) is 11.1 Å². The standard InChI is InChI=1S/C20H31N3O3S2/c24-18(25)11-12-27-13-15-14-28-19(21-15)22-20(26)23(16-7-3-1-4-8-16)17-9-5-2-6-10-17/h14,16-17H,1-13H2,(H,24,25)(H,21,22,26). The maximum atomic E-state index is 13.2. The number of anilines is 1. The van der Waals surface area contributed by atoms with E-state index in [1.807, 2.05) is 5.38 Å². The molecule has 1 heterocycles. The van der Waals surface area contributed by atoms with Gasteiger partial charge in [0.15, 0.2) is 5.13 Å². The molecule has 2 aliphatic rings. The fourth-order valence-electron chi connectivity index (χ4n) is 4.27. The van der Waals surface area contributed by atoms with Crippen LogP contribution in [-0.4, -0.2) is 44.8 Å². The number of hydrogen-bond acceptors (Lipinski definition) is 5. The van der Waals surface area contributed by atoms with E-state index in [-0.39, 0.29) is 12.5 Å². The molecule has 2 N–H and O–H groups in total. The molecular weight excluding hydrogens is 394 g/mol. The summed E-state index contributed by atoms with van der Waals surface area (Å²) in [5.41, 5.74) is 0.901. The van der Waals surface area contributed by atoms with Crippen LogP contribution in [0.25, 0.3) is 0 Å². The Morgan fingerprint density at radius 1 is 1.11 bits per heavy atom. The van der Waals surface area contributed by atoms with Gasteiger partial charge in [0.05, 0.1) is 12.1 Å². The molecule has 2 saturated carbocycles. The number of nitrogens with zero attached hydrogens (tertiary/aromatic N) is 2. The van der Waals surface area contributed by atoms with Crippen molar-refractivity contribution in [3.8, 4) is 0 Å². The molecule has 0 atom stereocenters. The number of amides is 2. The van der Waals surface area contributed by atoms with Crippen molar-refractivity contribution in [1.29, 1.82) is 0 Å². The molecule has 0 bridgehead atoms. The highest BCUT2D eigenvalue weighted by Gasteiger charge is 2.32. The molecule has 2 amide bonds. The van der Waals surface area contributed by atoms with Crippen molar-refractivity contribution in [2.75, 3.05) is 11.1 Å².